The number of rotatable bonds is 12. The Bertz CT molecular complexity index is 2150. The second kappa shape index (κ2) is 13.9. The summed E-state index contributed by atoms with van der Waals surface area (Å²) in [6.45, 7) is 0.347. The summed E-state index contributed by atoms with van der Waals surface area (Å²) in [6, 6.07) is 5.16. The van der Waals surface area contributed by atoms with Crippen molar-refractivity contribution in [3.05, 3.63) is 73.0 Å². The highest BCUT2D eigenvalue weighted by atomic mass is 31.2. The number of H-pyrrole nitrogens is 2. The largest absolute Gasteiger partial charge is 0.454 e. The van der Waals surface area contributed by atoms with Crippen LogP contribution in [0.25, 0.3) is 11.2 Å². The molecule has 22 heteroatoms. The van der Waals surface area contributed by atoms with Crippen molar-refractivity contribution in [2.75, 3.05) is 32.9 Å². The third-order valence-electron chi connectivity index (χ3n) is 8.75. The number of para-hydroxylation sites is 1. The zero-order chi connectivity index (χ0) is 36.0. The summed E-state index contributed by atoms with van der Waals surface area (Å²) in [5.41, 5.74) is 4.75. The molecular weight excluding hydrogens is 699 g/mol. The average molecular weight is 735 g/mol. The number of aromatic amines is 2. The van der Waals surface area contributed by atoms with Gasteiger partial charge in [-0.3, -0.25) is 37.7 Å². The highest BCUT2D eigenvalue weighted by Gasteiger charge is 2.48. The van der Waals surface area contributed by atoms with Gasteiger partial charge in [0.2, 0.25) is 12.7 Å². The zero-order valence-electron chi connectivity index (χ0n) is 27.2. The predicted molar refractivity (Wildman–Crippen MR) is 173 cm³/mol. The predicted octanol–water partition coefficient (Wildman–Crippen LogP) is -0.858. The molecule has 0 radical (unpaired) electrons. The minimum Gasteiger partial charge on any atom is -0.454 e. The minimum absolute atomic E-state index is 0.00101. The molecule has 3 aliphatic heterocycles. The van der Waals surface area contributed by atoms with E-state index in [-0.39, 0.29) is 42.4 Å². The quantitative estimate of drug-likeness (QED) is 0.0966. The van der Waals surface area contributed by atoms with Crippen LogP contribution in [0.15, 0.2) is 45.1 Å². The number of hydrogen-bond acceptors (Lipinski definition) is 16. The number of anilines is 1. The lowest BCUT2D eigenvalue weighted by molar-refractivity contribution is -0.0600. The van der Waals surface area contributed by atoms with Gasteiger partial charge in [0, 0.05) is 37.4 Å². The molecule has 0 saturated carbocycles. The maximum absolute atomic E-state index is 14.6. The number of imidazole rings is 1. The lowest BCUT2D eigenvalue weighted by Gasteiger charge is -2.26. The third kappa shape index (κ3) is 6.70. The Kier molecular flexibility index (Phi) is 9.56. The van der Waals surface area contributed by atoms with Crippen molar-refractivity contribution in [2.45, 2.75) is 62.9 Å². The first-order valence-electron chi connectivity index (χ1n) is 15.7. The topological polar surface area (TPSA) is 279 Å². The molecule has 0 bridgehead atoms. The maximum Gasteiger partial charge on any atom is 0.406 e. The van der Waals surface area contributed by atoms with Gasteiger partial charge in [-0.05, 0) is 13.0 Å². The molecule has 2 saturated heterocycles. The summed E-state index contributed by atoms with van der Waals surface area (Å²) < 4.78 is 57.6. The number of methoxy groups -OCH3 is 1. The molecule has 3 aliphatic rings. The van der Waals surface area contributed by atoms with E-state index in [4.69, 9.17) is 38.5 Å². The van der Waals surface area contributed by atoms with Gasteiger partial charge in [-0.25, -0.2) is 19.4 Å². The summed E-state index contributed by atoms with van der Waals surface area (Å²) in [5.74, 6) is 0.763. The molecule has 4 unspecified atom stereocenters. The van der Waals surface area contributed by atoms with E-state index in [9.17, 15) is 29.2 Å². The first-order chi connectivity index (χ1) is 24.5. The molecule has 51 heavy (non-hydrogen) atoms. The highest BCUT2D eigenvalue weighted by molar-refractivity contribution is 7.51. The van der Waals surface area contributed by atoms with E-state index < -0.39 is 80.7 Å². The number of aromatic nitrogens is 6. The number of aliphatic hydroxyl groups excluding tert-OH is 2. The Morgan fingerprint density at radius 3 is 2.75 bits per heavy atom. The van der Waals surface area contributed by atoms with Crippen LogP contribution in [0.4, 0.5) is 5.95 Å². The first-order valence-corrected chi connectivity index (χ1v) is 17.3. The van der Waals surface area contributed by atoms with E-state index in [0.29, 0.717) is 17.1 Å². The summed E-state index contributed by atoms with van der Waals surface area (Å²) >= 11 is 0. The number of nitrogens with one attached hydrogen (secondary N) is 3. The molecule has 4 aromatic rings. The van der Waals surface area contributed by atoms with Gasteiger partial charge in [-0.15, -0.1) is 0 Å². The van der Waals surface area contributed by atoms with E-state index in [0.717, 1.165) is 4.57 Å². The van der Waals surface area contributed by atoms with Gasteiger partial charge in [0.15, 0.2) is 28.9 Å². The van der Waals surface area contributed by atoms with E-state index >= 15 is 0 Å². The van der Waals surface area contributed by atoms with Crippen molar-refractivity contribution < 1.29 is 47.5 Å². The number of aryl methyl sites for hydroxylation is 1. The van der Waals surface area contributed by atoms with Crippen LogP contribution in [0.1, 0.15) is 30.0 Å². The fraction of sp³-hybridized carbons (Fsp3) is 0.483. The molecule has 7 rings (SSSR count). The smallest absolute Gasteiger partial charge is 0.406 e. The van der Waals surface area contributed by atoms with Crippen LogP contribution < -0.4 is 37.1 Å². The number of benzene rings is 1. The summed E-state index contributed by atoms with van der Waals surface area (Å²) in [7, 11) is -3.06. The van der Waals surface area contributed by atoms with Crippen molar-refractivity contribution in [2.24, 2.45) is 0 Å². The van der Waals surface area contributed by atoms with Gasteiger partial charge >= 0.3 is 13.4 Å². The molecule has 21 nitrogen and oxygen atoms in total. The van der Waals surface area contributed by atoms with Crippen LogP contribution in [-0.2, 0) is 34.4 Å². The van der Waals surface area contributed by atoms with Crippen molar-refractivity contribution in [3.8, 4) is 11.5 Å². The maximum atomic E-state index is 14.6. The van der Waals surface area contributed by atoms with Gasteiger partial charge in [-0.1, -0.05) is 12.1 Å². The Morgan fingerprint density at radius 2 is 1.96 bits per heavy atom. The second-order valence-corrected chi connectivity index (χ2v) is 13.8. The van der Waals surface area contributed by atoms with Gasteiger partial charge in [-0.2, -0.15) is 4.98 Å². The fourth-order valence-electron chi connectivity index (χ4n) is 6.19. The van der Waals surface area contributed by atoms with Crippen molar-refractivity contribution in [1.82, 2.24) is 34.2 Å². The first kappa shape index (κ1) is 35.0. The standard InChI is InChI=1S/C29H35N8O13P/c1-13-8-36(29(42)35-25(13)40)19-6-16(17(9-38)48-19)50-51(43,32-7-14-4-3-5-15-22(14)46-12-45-15)47-10-18-21(39)23(44-2)27(49-18)37-11-31-20-24(37)33-28(30)34-26(20)41/h3-5,8,11,16-19,21,23,27,38-39H,6-7,9-10,12H2,1-2H3,(H,32,43)(H,35,40,42)(H3,30,33,34,41)/t16?,17-,18-,19-,21?,23?,27-,51?/m1/s1. The monoisotopic (exact) mass is 734 g/mol. The average Bonchev–Trinajstić information content (AvgIpc) is 3.90. The molecule has 0 amide bonds. The second-order valence-electron chi connectivity index (χ2n) is 12.0. The van der Waals surface area contributed by atoms with E-state index in [1.165, 1.54) is 31.1 Å². The normalized spacial score (nSPS) is 26.9. The molecule has 3 aromatic heterocycles. The molecule has 6 heterocycles. The van der Waals surface area contributed by atoms with Gasteiger partial charge in [0.1, 0.15) is 36.7 Å². The summed E-state index contributed by atoms with van der Waals surface area (Å²) in [5, 5.41) is 24.2. The van der Waals surface area contributed by atoms with Gasteiger partial charge in [0.05, 0.1) is 19.5 Å². The number of hydrogen-bond donors (Lipinski definition) is 6. The molecule has 0 spiro atoms. The van der Waals surface area contributed by atoms with Crippen LogP contribution in [0.3, 0.4) is 0 Å². The Labute approximate surface area is 286 Å². The molecule has 0 aliphatic carbocycles. The molecule has 274 valence electrons. The lowest BCUT2D eigenvalue weighted by Crippen LogP contribution is -2.36. The van der Waals surface area contributed by atoms with Crippen LogP contribution in [-0.4, -0.2) is 96.9 Å². The molecule has 1 aromatic carbocycles. The SMILES string of the molecule is COC1C(O)[C@@H](COP(=O)(NCc2cccc3c2OCO3)OC2C[C@H](n3cc(C)c(=O)[nH]c3=O)O[C@@H]2CO)O[C@H]1n1cnc2c(=O)[nH]c(N)nc21. The Balaban J connectivity index is 1.13. The van der Waals surface area contributed by atoms with Gasteiger partial charge < -0.3 is 39.6 Å². The molecule has 8 atom stereocenters. The van der Waals surface area contributed by atoms with Gasteiger partial charge in [0.25, 0.3) is 11.1 Å². The number of ether oxygens (including phenoxy) is 5. The number of nitrogen functional groups attached to an aromatic ring is 1. The summed E-state index contributed by atoms with van der Waals surface area (Å²) in [4.78, 5) is 49.7. The number of nitrogens with two attached hydrogens (primary N) is 1. The fourth-order valence-corrected chi connectivity index (χ4v) is 7.70. The number of fused-ring (bicyclic) bond motifs is 2. The van der Waals surface area contributed by atoms with Crippen molar-refractivity contribution >= 4 is 24.9 Å². The van der Waals surface area contributed by atoms with Crippen LogP contribution in [0.5, 0.6) is 11.5 Å². The van der Waals surface area contributed by atoms with Crippen LogP contribution in [0, 0.1) is 6.92 Å². The Hall–Kier alpha value is -4.44. The molecular formula is C29H35N8O13P. The lowest BCUT2D eigenvalue weighted by atomic mass is 10.1. The van der Waals surface area contributed by atoms with Crippen LogP contribution >= 0.6 is 7.75 Å². The van der Waals surface area contributed by atoms with E-state index in [1.54, 1.807) is 18.2 Å². The van der Waals surface area contributed by atoms with Crippen molar-refractivity contribution in [3.63, 3.8) is 0 Å². The molecule has 7 N–H and O–H groups in total. The van der Waals surface area contributed by atoms with Crippen LogP contribution in [0.2, 0.25) is 0 Å². The number of nitrogens with zero attached hydrogens (tertiary/aromatic N) is 4. The van der Waals surface area contributed by atoms with Crippen molar-refractivity contribution in [1.29, 1.82) is 0 Å². The number of aliphatic hydroxyl groups is 2. The highest BCUT2D eigenvalue weighted by Crippen LogP contribution is 2.50. The van der Waals surface area contributed by atoms with E-state index in [2.05, 4.69) is 25.0 Å². The minimum atomic E-state index is -4.40. The third-order valence-corrected chi connectivity index (χ3v) is 10.3. The Morgan fingerprint density at radius 1 is 1.14 bits per heavy atom. The molecule has 2 fully saturated rings. The van der Waals surface area contributed by atoms with E-state index in [1.807, 2.05) is 0 Å². The zero-order valence-corrected chi connectivity index (χ0v) is 28.1. The summed E-state index contributed by atoms with van der Waals surface area (Å²) in [6.07, 6.45) is -5.16.